The number of nitrogens with one attached hydrogen (secondary N) is 1. The first-order valence-corrected chi connectivity index (χ1v) is 6.35. The van der Waals surface area contributed by atoms with Crippen LogP contribution in [0, 0.1) is 0 Å². The predicted molar refractivity (Wildman–Crippen MR) is 75.8 cm³/mol. The van der Waals surface area contributed by atoms with E-state index in [1.54, 1.807) is 12.1 Å². The lowest BCUT2D eigenvalue weighted by atomic mass is 10.1. The van der Waals surface area contributed by atoms with Crippen LogP contribution in [0.1, 0.15) is 37.0 Å². The van der Waals surface area contributed by atoms with Gasteiger partial charge in [-0.2, -0.15) is 0 Å². The molecule has 1 amide bonds. The van der Waals surface area contributed by atoms with Gasteiger partial charge in [-0.25, -0.2) is 0 Å². The first-order valence-electron chi connectivity index (χ1n) is 6.35. The molecule has 0 aromatic heterocycles. The van der Waals surface area contributed by atoms with Gasteiger partial charge in [0.25, 0.3) is 5.91 Å². The second-order valence-corrected chi connectivity index (χ2v) is 4.45. The molecule has 1 atom stereocenters. The summed E-state index contributed by atoms with van der Waals surface area (Å²) in [6, 6.07) is 3.38. The highest BCUT2D eigenvalue weighted by atomic mass is 16.5. The number of hydrogen-bond acceptors (Lipinski definition) is 4. The van der Waals surface area contributed by atoms with Crippen LogP contribution in [0.5, 0.6) is 11.5 Å². The summed E-state index contributed by atoms with van der Waals surface area (Å²) in [6.07, 6.45) is 1.94. The topological polar surface area (TPSA) is 73.6 Å². The maximum Gasteiger partial charge on any atom is 0.253 e. The number of amides is 1. The van der Waals surface area contributed by atoms with Crippen LogP contribution in [0.4, 0.5) is 5.69 Å². The van der Waals surface area contributed by atoms with E-state index in [0.29, 0.717) is 22.7 Å². The summed E-state index contributed by atoms with van der Waals surface area (Å²) in [5.74, 6) is 0.766. The van der Waals surface area contributed by atoms with E-state index < -0.39 is 0 Å². The van der Waals surface area contributed by atoms with Gasteiger partial charge in [0, 0.05) is 12.1 Å². The molecule has 1 unspecified atom stereocenters. The molecule has 5 heteroatoms. The second kappa shape index (κ2) is 6.87. The van der Waals surface area contributed by atoms with Crippen LogP contribution >= 0.6 is 0 Å². The third-order valence-electron chi connectivity index (χ3n) is 2.92. The van der Waals surface area contributed by atoms with Crippen molar-refractivity contribution in [2.45, 2.75) is 32.7 Å². The highest BCUT2D eigenvalue weighted by Crippen LogP contribution is 2.31. The first kappa shape index (κ1) is 15.1. The molecule has 0 aliphatic rings. The van der Waals surface area contributed by atoms with E-state index in [1.807, 2.05) is 6.92 Å². The van der Waals surface area contributed by atoms with Crippen molar-refractivity contribution in [3.63, 3.8) is 0 Å². The Morgan fingerprint density at radius 1 is 1.37 bits per heavy atom. The highest BCUT2D eigenvalue weighted by Gasteiger charge is 2.17. The van der Waals surface area contributed by atoms with Gasteiger partial charge < -0.3 is 20.5 Å². The van der Waals surface area contributed by atoms with E-state index in [-0.39, 0.29) is 11.9 Å². The van der Waals surface area contributed by atoms with E-state index in [2.05, 4.69) is 12.2 Å². The van der Waals surface area contributed by atoms with Gasteiger partial charge in [0.2, 0.25) is 0 Å². The van der Waals surface area contributed by atoms with Crippen LogP contribution in [0.15, 0.2) is 12.1 Å². The van der Waals surface area contributed by atoms with Gasteiger partial charge in [-0.3, -0.25) is 4.79 Å². The number of benzene rings is 1. The fourth-order valence-electron chi connectivity index (χ4n) is 1.88. The molecular formula is C14H22N2O3. The van der Waals surface area contributed by atoms with Crippen molar-refractivity contribution in [1.82, 2.24) is 5.32 Å². The average Bonchev–Trinajstić information content (AvgIpc) is 2.39. The van der Waals surface area contributed by atoms with Gasteiger partial charge in [-0.05, 0) is 19.4 Å². The van der Waals surface area contributed by atoms with E-state index >= 15 is 0 Å². The molecule has 5 nitrogen and oxygen atoms in total. The summed E-state index contributed by atoms with van der Waals surface area (Å²) in [5.41, 5.74) is 6.62. The molecule has 1 aromatic carbocycles. The molecule has 0 radical (unpaired) electrons. The molecule has 3 N–H and O–H groups in total. The first-order chi connectivity index (χ1) is 9.03. The van der Waals surface area contributed by atoms with Gasteiger partial charge in [-0.15, -0.1) is 0 Å². The Balaban J connectivity index is 3.01. The number of anilines is 1. The number of methoxy groups -OCH3 is 2. The van der Waals surface area contributed by atoms with Crippen LogP contribution in [-0.2, 0) is 0 Å². The second-order valence-electron chi connectivity index (χ2n) is 4.45. The average molecular weight is 266 g/mol. The molecule has 0 saturated carbocycles. The normalized spacial score (nSPS) is 11.8. The fourth-order valence-corrected chi connectivity index (χ4v) is 1.88. The smallest absolute Gasteiger partial charge is 0.253 e. The molecular weight excluding hydrogens is 244 g/mol. The molecule has 0 saturated heterocycles. The molecule has 19 heavy (non-hydrogen) atoms. The van der Waals surface area contributed by atoms with E-state index in [9.17, 15) is 4.79 Å². The quantitative estimate of drug-likeness (QED) is 0.774. The lowest BCUT2D eigenvalue weighted by molar-refractivity contribution is 0.0938. The van der Waals surface area contributed by atoms with Crippen molar-refractivity contribution >= 4 is 11.6 Å². The van der Waals surface area contributed by atoms with Crippen molar-refractivity contribution in [3.8, 4) is 11.5 Å². The molecule has 0 aliphatic carbocycles. The van der Waals surface area contributed by atoms with E-state index in [0.717, 1.165) is 12.8 Å². The highest BCUT2D eigenvalue weighted by molar-refractivity contribution is 6.01. The van der Waals surface area contributed by atoms with Gasteiger partial charge >= 0.3 is 0 Å². The summed E-state index contributed by atoms with van der Waals surface area (Å²) in [7, 11) is 3.04. The van der Waals surface area contributed by atoms with Crippen LogP contribution in [-0.4, -0.2) is 26.2 Å². The minimum atomic E-state index is -0.212. The van der Waals surface area contributed by atoms with E-state index in [4.69, 9.17) is 15.2 Å². The Labute approximate surface area is 114 Å². The lowest BCUT2D eigenvalue weighted by Gasteiger charge is -2.16. The number of nitrogens with two attached hydrogens (primary N) is 1. The van der Waals surface area contributed by atoms with Crippen molar-refractivity contribution in [3.05, 3.63) is 17.7 Å². The number of rotatable bonds is 6. The third kappa shape index (κ3) is 3.77. The fraction of sp³-hybridized carbons (Fsp3) is 0.500. The molecule has 1 rings (SSSR count). The molecule has 0 aliphatic heterocycles. The van der Waals surface area contributed by atoms with Crippen LogP contribution in [0.25, 0.3) is 0 Å². The maximum atomic E-state index is 12.2. The SMILES string of the molecule is CCCC(C)NC(=O)c1cc(OC)cc(OC)c1N. The largest absolute Gasteiger partial charge is 0.497 e. The standard InChI is InChI=1S/C14H22N2O3/c1-5-6-9(2)16-14(17)11-7-10(18-3)8-12(19-4)13(11)15/h7-9H,5-6,15H2,1-4H3,(H,16,17). The molecule has 0 heterocycles. The van der Waals surface area contributed by atoms with Crippen molar-refractivity contribution in [1.29, 1.82) is 0 Å². The van der Waals surface area contributed by atoms with Crippen LogP contribution in [0.2, 0.25) is 0 Å². The maximum absolute atomic E-state index is 12.2. The van der Waals surface area contributed by atoms with Gasteiger partial charge in [0.05, 0.1) is 25.5 Å². The number of nitrogen functional groups attached to an aromatic ring is 1. The molecule has 0 fully saturated rings. The Morgan fingerprint density at radius 2 is 2.05 bits per heavy atom. The minimum Gasteiger partial charge on any atom is -0.497 e. The van der Waals surface area contributed by atoms with E-state index in [1.165, 1.54) is 14.2 Å². The van der Waals surface area contributed by atoms with Gasteiger partial charge in [-0.1, -0.05) is 13.3 Å². The number of carbonyl (C=O) groups excluding carboxylic acids is 1. The number of ether oxygens (including phenoxy) is 2. The zero-order valence-corrected chi connectivity index (χ0v) is 11.9. The summed E-state index contributed by atoms with van der Waals surface area (Å²) in [6.45, 7) is 4.04. The Hall–Kier alpha value is -1.91. The lowest BCUT2D eigenvalue weighted by Crippen LogP contribution is -2.32. The Bertz CT molecular complexity index is 447. The Morgan fingerprint density at radius 3 is 2.58 bits per heavy atom. The van der Waals surface area contributed by atoms with Crippen molar-refractivity contribution in [2.24, 2.45) is 0 Å². The van der Waals surface area contributed by atoms with Gasteiger partial charge in [0.1, 0.15) is 11.5 Å². The van der Waals surface area contributed by atoms with Crippen molar-refractivity contribution in [2.75, 3.05) is 20.0 Å². The number of hydrogen-bond donors (Lipinski definition) is 2. The molecule has 0 spiro atoms. The molecule has 1 aromatic rings. The van der Waals surface area contributed by atoms with Crippen LogP contribution in [0.3, 0.4) is 0 Å². The zero-order valence-electron chi connectivity index (χ0n) is 11.9. The van der Waals surface area contributed by atoms with Crippen molar-refractivity contribution < 1.29 is 14.3 Å². The Kier molecular flexibility index (Phi) is 5.48. The molecule has 106 valence electrons. The predicted octanol–water partition coefficient (Wildman–Crippen LogP) is 2.20. The summed E-state index contributed by atoms with van der Waals surface area (Å²) in [5, 5.41) is 2.91. The van der Waals surface area contributed by atoms with Crippen LogP contribution < -0.4 is 20.5 Å². The summed E-state index contributed by atoms with van der Waals surface area (Å²) in [4.78, 5) is 12.2. The molecule has 0 bridgehead atoms. The third-order valence-corrected chi connectivity index (χ3v) is 2.92. The monoisotopic (exact) mass is 266 g/mol. The summed E-state index contributed by atoms with van der Waals surface area (Å²) >= 11 is 0. The number of carbonyl (C=O) groups is 1. The zero-order chi connectivity index (χ0) is 14.4. The summed E-state index contributed by atoms with van der Waals surface area (Å²) < 4.78 is 10.3. The van der Waals surface area contributed by atoms with Gasteiger partial charge in [0.15, 0.2) is 0 Å². The minimum absolute atomic E-state index is 0.106.